The molecule has 0 aliphatic rings. The van der Waals surface area contributed by atoms with Crippen molar-refractivity contribution in [3.05, 3.63) is 11.6 Å². The van der Waals surface area contributed by atoms with E-state index < -0.39 is 0 Å². The Morgan fingerprint density at radius 2 is 1.93 bits per heavy atom. The van der Waals surface area contributed by atoms with Crippen LogP contribution in [0, 0.1) is 11.8 Å². The first kappa shape index (κ1) is 14.2. The van der Waals surface area contributed by atoms with Crippen molar-refractivity contribution in [3.63, 3.8) is 0 Å². The number of hydrogen-bond acceptors (Lipinski definition) is 2. The predicted molar refractivity (Wildman–Crippen MR) is 63.6 cm³/mol. The van der Waals surface area contributed by atoms with E-state index in [0.717, 1.165) is 18.4 Å². The van der Waals surface area contributed by atoms with Crippen molar-refractivity contribution in [1.29, 1.82) is 0 Å². The Kier molecular flexibility index (Phi) is 7.10. The summed E-state index contributed by atoms with van der Waals surface area (Å²) in [5, 5.41) is 0. The number of esters is 1. The van der Waals surface area contributed by atoms with Crippen LogP contribution in [0.25, 0.3) is 0 Å². The molecule has 0 aliphatic carbocycles. The zero-order valence-electron chi connectivity index (χ0n) is 10.7. The summed E-state index contributed by atoms with van der Waals surface area (Å²) in [7, 11) is 0. The van der Waals surface area contributed by atoms with Gasteiger partial charge in [0.15, 0.2) is 0 Å². The molecule has 0 radical (unpaired) electrons. The van der Waals surface area contributed by atoms with Gasteiger partial charge in [-0.2, -0.15) is 0 Å². The van der Waals surface area contributed by atoms with E-state index in [9.17, 15) is 4.79 Å². The summed E-state index contributed by atoms with van der Waals surface area (Å²) in [5.41, 5.74) is 1.10. The lowest BCUT2D eigenvalue weighted by molar-refractivity contribution is -0.138. The molecule has 2 nitrogen and oxygen atoms in total. The molecular formula is C13H24O2. The molecule has 0 fully saturated rings. The molecule has 0 aromatic rings. The Labute approximate surface area is 93.7 Å². The number of hydrogen-bond donors (Lipinski definition) is 0. The highest BCUT2D eigenvalue weighted by Crippen LogP contribution is 2.13. The van der Waals surface area contributed by atoms with Crippen LogP contribution < -0.4 is 0 Å². The summed E-state index contributed by atoms with van der Waals surface area (Å²) in [4.78, 5) is 11.4. The van der Waals surface area contributed by atoms with Crippen molar-refractivity contribution >= 4 is 5.97 Å². The fourth-order valence-electron chi connectivity index (χ4n) is 1.09. The fourth-order valence-corrected chi connectivity index (χ4v) is 1.09. The van der Waals surface area contributed by atoms with Crippen molar-refractivity contribution in [2.45, 2.75) is 47.5 Å². The summed E-state index contributed by atoms with van der Waals surface area (Å²) in [6, 6.07) is 0. The van der Waals surface area contributed by atoms with E-state index >= 15 is 0 Å². The van der Waals surface area contributed by atoms with E-state index in [2.05, 4.69) is 27.7 Å². The van der Waals surface area contributed by atoms with Crippen molar-refractivity contribution in [2.75, 3.05) is 6.61 Å². The van der Waals surface area contributed by atoms with E-state index in [0.29, 0.717) is 18.4 Å². The van der Waals surface area contributed by atoms with Crippen LogP contribution in [0.4, 0.5) is 0 Å². The Morgan fingerprint density at radius 3 is 2.40 bits per heavy atom. The molecule has 0 spiro atoms. The first-order chi connectivity index (χ1) is 6.97. The Balaban J connectivity index is 3.91. The Hall–Kier alpha value is -0.790. The minimum Gasteiger partial charge on any atom is -0.463 e. The third kappa shape index (κ3) is 7.18. The van der Waals surface area contributed by atoms with Crippen molar-refractivity contribution in [3.8, 4) is 0 Å². The SMILES string of the molecule is CCC(C)/C(C)=C/C(=O)OCCC(C)C. The standard InChI is InChI=1S/C13H24O2/c1-6-11(4)12(5)9-13(14)15-8-7-10(2)3/h9-11H,6-8H2,1-5H3/b12-9+. The third-order valence-electron chi connectivity index (χ3n) is 2.67. The van der Waals surface area contributed by atoms with Gasteiger partial charge in [0.2, 0.25) is 0 Å². The van der Waals surface area contributed by atoms with Gasteiger partial charge in [0, 0.05) is 6.08 Å². The van der Waals surface area contributed by atoms with Crippen LogP contribution >= 0.6 is 0 Å². The monoisotopic (exact) mass is 212 g/mol. The van der Waals surface area contributed by atoms with Crippen LogP contribution in [0.5, 0.6) is 0 Å². The van der Waals surface area contributed by atoms with Crippen LogP contribution in [0.15, 0.2) is 11.6 Å². The van der Waals surface area contributed by atoms with Gasteiger partial charge in [-0.25, -0.2) is 4.79 Å². The topological polar surface area (TPSA) is 26.3 Å². The Morgan fingerprint density at radius 1 is 1.33 bits per heavy atom. The van der Waals surface area contributed by atoms with Gasteiger partial charge >= 0.3 is 5.97 Å². The largest absolute Gasteiger partial charge is 0.463 e. The maximum Gasteiger partial charge on any atom is 0.330 e. The van der Waals surface area contributed by atoms with E-state index in [4.69, 9.17) is 4.74 Å². The molecule has 0 N–H and O–H groups in total. The predicted octanol–water partition coefficient (Wildman–Crippen LogP) is 3.57. The van der Waals surface area contributed by atoms with Crippen molar-refractivity contribution in [2.24, 2.45) is 11.8 Å². The highest BCUT2D eigenvalue weighted by atomic mass is 16.5. The zero-order chi connectivity index (χ0) is 11.8. The summed E-state index contributed by atoms with van der Waals surface area (Å²) in [6.45, 7) is 11.0. The lowest BCUT2D eigenvalue weighted by atomic mass is 10.00. The molecule has 0 rings (SSSR count). The van der Waals surface area contributed by atoms with Gasteiger partial charge in [-0.05, 0) is 31.6 Å². The molecule has 1 unspecified atom stereocenters. The Bertz CT molecular complexity index is 217. The number of carbonyl (C=O) groups excluding carboxylic acids is 1. The van der Waals surface area contributed by atoms with E-state index in [-0.39, 0.29) is 5.97 Å². The molecule has 1 atom stereocenters. The van der Waals surface area contributed by atoms with Crippen molar-refractivity contribution < 1.29 is 9.53 Å². The normalized spacial score (nSPS) is 14.1. The quantitative estimate of drug-likeness (QED) is 0.497. The number of allylic oxidation sites excluding steroid dienone is 1. The van der Waals surface area contributed by atoms with Gasteiger partial charge < -0.3 is 4.74 Å². The van der Waals surface area contributed by atoms with Crippen LogP contribution in [0.1, 0.15) is 47.5 Å². The summed E-state index contributed by atoms with van der Waals surface area (Å²) in [5.74, 6) is 0.841. The number of rotatable bonds is 6. The van der Waals surface area contributed by atoms with Gasteiger partial charge in [-0.1, -0.05) is 33.3 Å². The molecule has 88 valence electrons. The maximum atomic E-state index is 11.4. The number of ether oxygens (including phenoxy) is 1. The molecule has 0 aliphatic heterocycles. The number of carbonyl (C=O) groups is 1. The average Bonchev–Trinajstić information content (AvgIpc) is 2.15. The van der Waals surface area contributed by atoms with E-state index in [1.54, 1.807) is 6.08 Å². The van der Waals surface area contributed by atoms with Gasteiger partial charge in [-0.3, -0.25) is 0 Å². The van der Waals surface area contributed by atoms with Gasteiger partial charge in [-0.15, -0.1) is 0 Å². The second-order valence-corrected chi connectivity index (χ2v) is 4.55. The average molecular weight is 212 g/mol. The lowest BCUT2D eigenvalue weighted by Crippen LogP contribution is -2.07. The molecule has 2 heteroatoms. The molecule has 0 saturated carbocycles. The van der Waals surface area contributed by atoms with Crippen LogP contribution in [-0.4, -0.2) is 12.6 Å². The summed E-state index contributed by atoms with van der Waals surface area (Å²) in [6.07, 6.45) is 3.61. The molecule has 0 heterocycles. The smallest absolute Gasteiger partial charge is 0.330 e. The summed E-state index contributed by atoms with van der Waals surface area (Å²) < 4.78 is 5.10. The van der Waals surface area contributed by atoms with Gasteiger partial charge in [0.1, 0.15) is 0 Å². The minimum absolute atomic E-state index is 0.201. The molecule has 0 aromatic carbocycles. The molecule has 0 amide bonds. The van der Waals surface area contributed by atoms with Crippen LogP contribution in [0.3, 0.4) is 0 Å². The second kappa shape index (κ2) is 7.49. The minimum atomic E-state index is -0.201. The van der Waals surface area contributed by atoms with Gasteiger partial charge in [0.05, 0.1) is 6.61 Å². The fraction of sp³-hybridized carbons (Fsp3) is 0.769. The highest BCUT2D eigenvalue weighted by molar-refractivity contribution is 5.82. The second-order valence-electron chi connectivity index (χ2n) is 4.55. The molecule has 0 saturated heterocycles. The highest BCUT2D eigenvalue weighted by Gasteiger charge is 2.05. The maximum absolute atomic E-state index is 11.4. The van der Waals surface area contributed by atoms with Crippen LogP contribution in [-0.2, 0) is 9.53 Å². The first-order valence-electron chi connectivity index (χ1n) is 5.82. The van der Waals surface area contributed by atoms with E-state index in [1.807, 2.05) is 6.92 Å². The third-order valence-corrected chi connectivity index (χ3v) is 2.67. The molecule has 0 aromatic heterocycles. The zero-order valence-corrected chi connectivity index (χ0v) is 10.7. The molecule has 15 heavy (non-hydrogen) atoms. The van der Waals surface area contributed by atoms with Crippen molar-refractivity contribution in [1.82, 2.24) is 0 Å². The van der Waals surface area contributed by atoms with Crippen LogP contribution in [0.2, 0.25) is 0 Å². The lowest BCUT2D eigenvalue weighted by Gasteiger charge is -2.09. The summed E-state index contributed by atoms with van der Waals surface area (Å²) >= 11 is 0. The molecule has 0 bridgehead atoms. The van der Waals surface area contributed by atoms with Gasteiger partial charge in [0.25, 0.3) is 0 Å². The first-order valence-corrected chi connectivity index (χ1v) is 5.82. The molecular weight excluding hydrogens is 188 g/mol. The van der Waals surface area contributed by atoms with E-state index in [1.165, 1.54) is 0 Å².